The van der Waals surface area contributed by atoms with Crippen molar-refractivity contribution in [2.24, 2.45) is 4.99 Å². The molecule has 0 saturated carbocycles. The first-order valence-corrected chi connectivity index (χ1v) is 11.5. The topological polar surface area (TPSA) is 55.7 Å². The van der Waals surface area contributed by atoms with Crippen LogP contribution in [-0.4, -0.2) is 20.9 Å². The van der Waals surface area contributed by atoms with Crippen molar-refractivity contribution in [3.63, 3.8) is 0 Å². The molecule has 0 amide bonds. The van der Waals surface area contributed by atoms with Crippen LogP contribution in [0.5, 0.6) is 5.75 Å². The molecule has 0 radical (unpaired) electrons. The first-order chi connectivity index (χ1) is 13.8. The highest BCUT2D eigenvalue weighted by Crippen LogP contribution is 2.34. The summed E-state index contributed by atoms with van der Waals surface area (Å²) in [6, 6.07) is 14.6. The van der Waals surface area contributed by atoms with Crippen LogP contribution in [0.25, 0.3) is 0 Å². The Balaban J connectivity index is 1.99. The number of halogens is 3. The summed E-state index contributed by atoms with van der Waals surface area (Å²) in [6.07, 6.45) is 3.37. The lowest BCUT2D eigenvalue weighted by Crippen LogP contribution is -2.11. The number of nitrogens with zero attached hydrogens (tertiary/aromatic N) is 1. The zero-order valence-corrected chi connectivity index (χ0v) is 18.1. The molecule has 0 aliphatic rings. The Morgan fingerprint density at radius 3 is 2.48 bits per heavy atom. The quantitative estimate of drug-likeness (QED) is 0.239. The molecule has 0 aliphatic carbocycles. The maximum atomic E-state index is 13.1. The predicted molar refractivity (Wildman–Crippen MR) is 116 cm³/mol. The van der Waals surface area contributed by atoms with Gasteiger partial charge in [0.05, 0.1) is 10.7 Å². The zero-order valence-electron chi connectivity index (χ0n) is 15.0. The van der Waals surface area contributed by atoms with E-state index in [1.165, 1.54) is 18.3 Å². The predicted octanol–water partition coefficient (Wildman–Crippen LogP) is 6.37. The summed E-state index contributed by atoms with van der Waals surface area (Å²) in [5, 5.41) is 0.295. The van der Waals surface area contributed by atoms with Crippen molar-refractivity contribution in [2.75, 3.05) is 6.26 Å². The largest absolute Gasteiger partial charge is 0.377 e. The number of hydrogen-bond acceptors (Lipinski definition) is 5. The van der Waals surface area contributed by atoms with E-state index in [0.717, 1.165) is 29.2 Å². The molecule has 3 rings (SSSR count). The lowest BCUT2D eigenvalue weighted by molar-refractivity contribution is 0.485. The average molecular weight is 470 g/mol. The van der Waals surface area contributed by atoms with Crippen LogP contribution >= 0.6 is 35.0 Å². The molecule has 0 saturated heterocycles. The van der Waals surface area contributed by atoms with E-state index in [1.54, 1.807) is 17.8 Å². The summed E-state index contributed by atoms with van der Waals surface area (Å²) in [5.74, 6) is -0.682. The summed E-state index contributed by atoms with van der Waals surface area (Å²) in [4.78, 5) is 5.18. The second kappa shape index (κ2) is 9.17. The molecule has 0 N–H and O–H groups in total. The van der Waals surface area contributed by atoms with Crippen LogP contribution in [0.15, 0.2) is 75.4 Å². The first kappa shape index (κ1) is 21.6. The average Bonchev–Trinajstić information content (AvgIpc) is 2.69. The van der Waals surface area contributed by atoms with E-state index >= 15 is 0 Å². The van der Waals surface area contributed by atoms with E-state index in [4.69, 9.17) is 27.4 Å². The third-order valence-electron chi connectivity index (χ3n) is 3.74. The van der Waals surface area contributed by atoms with Crippen LogP contribution in [-0.2, 0) is 10.1 Å². The molecule has 0 aromatic heterocycles. The van der Waals surface area contributed by atoms with Crippen molar-refractivity contribution in [1.82, 2.24) is 0 Å². The van der Waals surface area contributed by atoms with E-state index in [2.05, 4.69) is 4.99 Å². The lowest BCUT2D eigenvalue weighted by atomic mass is 10.2. The number of benzene rings is 3. The molecule has 3 aromatic rings. The monoisotopic (exact) mass is 469 g/mol. The van der Waals surface area contributed by atoms with E-state index in [1.807, 2.05) is 24.5 Å². The Bertz CT molecular complexity index is 1170. The van der Waals surface area contributed by atoms with Crippen LogP contribution < -0.4 is 4.18 Å². The van der Waals surface area contributed by atoms with Gasteiger partial charge in [-0.1, -0.05) is 29.3 Å². The van der Waals surface area contributed by atoms with Crippen LogP contribution in [0.3, 0.4) is 0 Å². The highest BCUT2D eigenvalue weighted by Gasteiger charge is 2.21. The molecule has 0 aliphatic heterocycles. The third-order valence-corrected chi connectivity index (χ3v) is 6.20. The van der Waals surface area contributed by atoms with E-state index in [-0.39, 0.29) is 21.2 Å². The van der Waals surface area contributed by atoms with Gasteiger partial charge in [-0.05, 0) is 60.9 Å². The van der Waals surface area contributed by atoms with Crippen LogP contribution in [0, 0.1) is 5.82 Å². The number of thioether (sulfide) groups is 1. The smallest absolute Gasteiger partial charge is 0.339 e. The highest BCUT2D eigenvalue weighted by molar-refractivity contribution is 7.98. The van der Waals surface area contributed by atoms with Gasteiger partial charge in [0, 0.05) is 21.7 Å². The van der Waals surface area contributed by atoms with Crippen LogP contribution in [0.1, 0.15) is 5.56 Å². The second-order valence-corrected chi connectivity index (χ2v) is 9.03. The molecule has 0 atom stereocenters. The first-order valence-electron chi connectivity index (χ1n) is 8.16. The Hall–Kier alpha value is -2.06. The highest BCUT2D eigenvalue weighted by atomic mass is 35.5. The SMILES string of the molecule is CSc1cccc(N=Cc2cc(Cl)cc(Cl)c2OS(=O)(=O)c2ccc(F)cc2)c1. The minimum atomic E-state index is -4.24. The summed E-state index contributed by atoms with van der Waals surface area (Å²) in [5.41, 5.74) is 0.947. The van der Waals surface area contributed by atoms with E-state index in [9.17, 15) is 12.8 Å². The van der Waals surface area contributed by atoms with Gasteiger partial charge in [0.2, 0.25) is 0 Å². The van der Waals surface area contributed by atoms with E-state index < -0.39 is 15.9 Å². The fourth-order valence-corrected chi connectivity index (χ4v) is 4.38. The number of aliphatic imine (C=N–C) groups is 1. The second-order valence-electron chi connectivity index (χ2n) is 5.76. The zero-order chi connectivity index (χ0) is 21.0. The Morgan fingerprint density at radius 1 is 1.07 bits per heavy atom. The van der Waals surface area contributed by atoms with Crippen LogP contribution in [0.4, 0.5) is 10.1 Å². The fraction of sp³-hybridized carbons (Fsp3) is 0.0500. The van der Waals surface area contributed by atoms with Gasteiger partial charge < -0.3 is 4.18 Å². The molecule has 3 aromatic carbocycles. The minimum absolute atomic E-state index is 0.00232. The summed E-state index contributed by atoms with van der Waals surface area (Å²) >= 11 is 13.8. The molecule has 9 heteroatoms. The van der Waals surface area contributed by atoms with Gasteiger partial charge in [-0.25, -0.2) is 4.39 Å². The van der Waals surface area contributed by atoms with E-state index in [0.29, 0.717) is 10.7 Å². The molecule has 4 nitrogen and oxygen atoms in total. The number of rotatable bonds is 6. The maximum absolute atomic E-state index is 13.1. The van der Waals surface area contributed by atoms with Gasteiger partial charge in [-0.2, -0.15) is 8.42 Å². The van der Waals surface area contributed by atoms with Crippen molar-refractivity contribution in [3.05, 3.63) is 82.1 Å². The summed E-state index contributed by atoms with van der Waals surface area (Å²) in [7, 11) is -4.24. The maximum Gasteiger partial charge on any atom is 0.339 e. The normalized spacial score (nSPS) is 11.7. The molecule has 0 unspecified atom stereocenters. The third kappa shape index (κ3) is 5.51. The molecule has 0 bridgehead atoms. The van der Waals surface area contributed by atoms with Gasteiger partial charge in [0.15, 0.2) is 5.75 Å². The molecular weight excluding hydrogens is 456 g/mol. The van der Waals surface area contributed by atoms with Gasteiger partial charge in [-0.15, -0.1) is 11.8 Å². The van der Waals surface area contributed by atoms with Crippen molar-refractivity contribution in [1.29, 1.82) is 0 Å². The lowest BCUT2D eigenvalue weighted by Gasteiger charge is -2.12. The standard InChI is InChI=1S/C20H14Cl2FNO3S2/c1-28-17-4-2-3-16(11-17)24-12-13-9-14(21)10-19(22)20(13)27-29(25,26)18-7-5-15(23)6-8-18/h2-12H,1H3. The van der Waals surface area contributed by atoms with Gasteiger partial charge in [0.1, 0.15) is 10.7 Å². The molecular formula is C20H14Cl2FNO3S2. The van der Waals surface area contributed by atoms with Crippen molar-refractivity contribution < 1.29 is 17.0 Å². The molecule has 0 fully saturated rings. The Labute approximate surface area is 182 Å². The molecule has 150 valence electrons. The van der Waals surface area contributed by atoms with Crippen molar-refractivity contribution in [3.8, 4) is 5.75 Å². The van der Waals surface area contributed by atoms with Gasteiger partial charge in [0.25, 0.3) is 0 Å². The van der Waals surface area contributed by atoms with Gasteiger partial charge >= 0.3 is 10.1 Å². The van der Waals surface area contributed by atoms with Crippen LogP contribution in [0.2, 0.25) is 10.0 Å². The number of hydrogen-bond donors (Lipinski definition) is 0. The minimum Gasteiger partial charge on any atom is -0.377 e. The Kier molecular flexibility index (Phi) is 6.85. The Morgan fingerprint density at radius 2 is 1.79 bits per heavy atom. The molecule has 0 heterocycles. The fourth-order valence-electron chi connectivity index (χ4n) is 2.36. The van der Waals surface area contributed by atoms with Crippen molar-refractivity contribution in [2.45, 2.75) is 9.79 Å². The van der Waals surface area contributed by atoms with Crippen molar-refractivity contribution >= 4 is 57.0 Å². The van der Waals surface area contributed by atoms with Gasteiger partial charge in [-0.3, -0.25) is 4.99 Å². The summed E-state index contributed by atoms with van der Waals surface area (Å²) < 4.78 is 43.5. The molecule has 29 heavy (non-hydrogen) atoms. The summed E-state index contributed by atoms with van der Waals surface area (Å²) in [6.45, 7) is 0. The molecule has 0 spiro atoms.